The van der Waals surface area contributed by atoms with Gasteiger partial charge in [0.2, 0.25) is 0 Å². The topological polar surface area (TPSA) is 73.5 Å². The normalized spacial score (nSPS) is 17.3. The second kappa shape index (κ2) is 8.31. The van der Waals surface area contributed by atoms with Crippen LogP contribution in [0.25, 0.3) is 11.0 Å². The molecule has 7 nitrogen and oxygen atoms in total. The smallest absolute Gasteiger partial charge is 0.317 e. The number of ether oxygens (including phenoxy) is 1. The van der Waals surface area contributed by atoms with Crippen molar-refractivity contribution in [3.63, 3.8) is 0 Å². The lowest BCUT2D eigenvalue weighted by Gasteiger charge is -2.27. The fourth-order valence-corrected chi connectivity index (χ4v) is 3.01. The molecule has 1 saturated heterocycles. The Morgan fingerprint density at radius 3 is 3.04 bits per heavy atom. The average Bonchev–Trinajstić information content (AvgIpc) is 3.27. The largest absolute Gasteiger partial charge is 0.376 e. The van der Waals surface area contributed by atoms with Gasteiger partial charge in [0.05, 0.1) is 23.5 Å². The van der Waals surface area contributed by atoms with E-state index in [4.69, 9.17) is 4.74 Å². The third kappa shape index (κ3) is 4.93. The molecule has 0 spiro atoms. The number of nitrogens with one attached hydrogen (secondary N) is 2. The fraction of sp³-hybridized carbons (Fsp3) is 0.556. The molecule has 7 heteroatoms. The lowest BCUT2D eigenvalue weighted by molar-refractivity contribution is 0.0795. The van der Waals surface area contributed by atoms with Crippen LogP contribution in [0.5, 0.6) is 0 Å². The van der Waals surface area contributed by atoms with Crippen LogP contribution >= 0.6 is 0 Å². The van der Waals surface area contributed by atoms with Gasteiger partial charge in [0.25, 0.3) is 0 Å². The number of aromatic nitrogens is 2. The molecular formula is C18H27N5O2. The van der Waals surface area contributed by atoms with Gasteiger partial charge in [-0.15, -0.1) is 0 Å². The van der Waals surface area contributed by atoms with Gasteiger partial charge in [0, 0.05) is 32.8 Å². The number of likely N-dealkylation sites (N-methyl/N-ethyl adjacent to an activating group) is 1. The van der Waals surface area contributed by atoms with Crippen LogP contribution in [0.4, 0.5) is 4.79 Å². The first kappa shape index (κ1) is 17.7. The zero-order valence-corrected chi connectivity index (χ0v) is 15.0. The number of nitrogens with zero attached hydrogens (tertiary/aromatic N) is 3. The number of H-pyrrole nitrogens is 1. The molecule has 25 heavy (non-hydrogen) atoms. The number of amides is 2. The molecule has 0 radical (unpaired) electrons. The van der Waals surface area contributed by atoms with E-state index in [0.29, 0.717) is 19.6 Å². The Balaban J connectivity index is 1.57. The first-order valence-corrected chi connectivity index (χ1v) is 8.83. The van der Waals surface area contributed by atoms with E-state index < -0.39 is 0 Å². The summed E-state index contributed by atoms with van der Waals surface area (Å²) in [6, 6.07) is 5.94. The monoisotopic (exact) mass is 345 g/mol. The summed E-state index contributed by atoms with van der Waals surface area (Å²) < 4.78 is 5.70. The highest BCUT2D eigenvalue weighted by Crippen LogP contribution is 2.14. The van der Waals surface area contributed by atoms with Crippen molar-refractivity contribution in [2.75, 3.05) is 40.3 Å². The second-order valence-corrected chi connectivity index (χ2v) is 6.80. The molecule has 2 aromatic rings. The predicted molar refractivity (Wildman–Crippen MR) is 97.4 cm³/mol. The molecule has 1 aromatic heterocycles. The number of carbonyl (C=O) groups is 1. The van der Waals surface area contributed by atoms with Crippen molar-refractivity contribution in [2.45, 2.75) is 25.5 Å². The van der Waals surface area contributed by atoms with Gasteiger partial charge >= 0.3 is 6.03 Å². The Labute approximate surface area is 148 Å². The number of imidazole rings is 1. The number of carbonyl (C=O) groups excluding carboxylic acids is 1. The molecule has 1 atom stereocenters. The quantitative estimate of drug-likeness (QED) is 0.803. The highest BCUT2D eigenvalue weighted by atomic mass is 16.5. The van der Waals surface area contributed by atoms with E-state index in [9.17, 15) is 4.79 Å². The number of urea groups is 1. The Bertz CT molecular complexity index is 694. The summed E-state index contributed by atoms with van der Waals surface area (Å²) in [5.41, 5.74) is 2.96. The number of rotatable bonds is 7. The van der Waals surface area contributed by atoms with E-state index >= 15 is 0 Å². The van der Waals surface area contributed by atoms with E-state index in [1.165, 1.54) is 0 Å². The Morgan fingerprint density at radius 2 is 2.28 bits per heavy atom. The number of aromatic amines is 1. The minimum atomic E-state index is -0.0398. The fourth-order valence-electron chi connectivity index (χ4n) is 3.01. The molecule has 2 heterocycles. The maximum atomic E-state index is 12.7. The minimum absolute atomic E-state index is 0.0398. The van der Waals surface area contributed by atoms with Crippen LogP contribution in [0.2, 0.25) is 0 Å². The number of benzene rings is 1. The second-order valence-electron chi connectivity index (χ2n) is 6.80. The van der Waals surface area contributed by atoms with Crippen LogP contribution in [-0.2, 0) is 11.3 Å². The molecule has 1 aromatic carbocycles. The van der Waals surface area contributed by atoms with Crippen molar-refractivity contribution in [2.24, 2.45) is 0 Å². The molecule has 2 amide bonds. The number of fused-ring (bicyclic) bond motifs is 1. The number of hydrogen-bond acceptors (Lipinski definition) is 4. The van der Waals surface area contributed by atoms with E-state index in [-0.39, 0.29) is 12.1 Å². The van der Waals surface area contributed by atoms with Gasteiger partial charge in [-0.3, -0.25) is 0 Å². The van der Waals surface area contributed by atoms with Crippen molar-refractivity contribution in [1.82, 2.24) is 25.1 Å². The van der Waals surface area contributed by atoms with E-state index in [2.05, 4.69) is 20.2 Å². The van der Waals surface area contributed by atoms with Gasteiger partial charge in [0.1, 0.15) is 0 Å². The third-order valence-electron chi connectivity index (χ3n) is 4.48. The van der Waals surface area contributed by atoms with E-state index in [1.807, 2.05) is 37.2 Å². The van der Waals surface area contributed by atoms with Crippen LogP contribution in [0.1, 0.15) is 18.4 Å². The number of hydrogen-bond donors (Lipinski definition) is 2. The van der Waals surface area contributed by atoms with Gasteiger partial charge in [-0.2, -0.15) is 0 Å². The van der Waals surface area contributed by atoms with Crippen molar-refractivity contribution in [3.8, 4) is 0 Å². The molecule has 1 fully saturated rings. The summed E-state index contributed by atoms with van der Waals surface area (Å²) in [7, 11) is 4.03. The molecule has 3 rings (SSSR count). The van der Waals surface area contributed by atoms with Crippen molar-refractivity contribution in [1.29, 1.82) is 0 Å². The summed E-state index contributed by atoms with van der Waals surface area (Å²) in [5.74, 6) is 0. The van der Waals surface area contributed by atoms with Crippen LogP contribution < -0.4 is 5.32 Å². The van der Waals surface area contributed by atoms with Gasteiger partial charge in [-0.1, -0.05) is 6.07 Å². The molecular weight excluding hydrogens is 318 g/mol. The lowest BCUT2D eigenvalue weighted by atomic mass is 10.2. The summed E-state index contributed by atoms with van der Waals surface area (Å²) in [6.45, 7) is 3.48. The van der Waals surface area contributed by atoms with Crippen molar-refractivity contribution in [3.05, 3.63) is 30.1 Å². The molecule has 1 aliphatic heterocycles. The van der Waals surface area contributed by atoms with Gasteiger partial charge < -0.3 is 24.8 Å². The first-order valence-electron chi connectivity index (χ1n) is 8.83. The van der Waals surface area contributed by atoms with Crippen molar-refractivity contribution < 1.29 is 9.53 Å². The average molecular weight is 345 g/mol. The van der Waals surface area contributed by atoms with Gasteiger partial charge in [0.15, 0.2) is 0 Å². The maximum Gasteiger partial charge on any atom is 0.317 e. The molecule has 0 saturated carbocycles. The highest BCUT2D eigenvalue weighted by molar-refractivity contribution is 5.76. The van der Waals surface area contributed by atoms with Crippen LogP contribution in [0, 0.1) is 0 Å². The van der Waals surface area contributed by atoms with E-state index in [0.717, 1.165) is 42.6 Å². The van der Waals surface area contributed by atoms with E-state index in [1.54, 1.807) is 6.33 Å². The van der Waals surface area contributed by atoms with Crippen molar-refractivity contribution >= 4 is 17.1 Å². The molecule has 0 unspecified atom stereocenters. The Hall–Kier alpha value is -2.12. The molecule has 0 bridgehead atoms. The summed E-state index contributed by atoms with van der Waals surface area (Å²) in [5, 5.41) is 3.03. The summed E-state index contributed by atoms with van der Waals surface area (Å²) in [6.07, 6.45) is 3.95. The maximum absolute atomic E-state index is 12.7. The Kier molecular flexibility index (Phi) is 5.88. The molecule has 0 aliphatic carbocycles. The lowest BCUT2D eigenvalue weighted by Crippen LogP contribution is -2.46. The molecule has 136 valence electrons. The SMILES string of the molecule is CN(C)CCN(C[C@H]1CCCO1)C(=O)NCc1ccc2nc[nH]c2c1. The predicted octanol–water partition coefficient (Wildman–Crippen LogP) is 1.82. The summed E-state index contributed by atoms with van der Waals surface area (Å²) in [4.78, 5) is 23.9. The first-order chi connectivity index (χ1) is 12.1. The highest BCUT2D eigenvalue weighted by Gasteiger charge is 2.22. The van der Waals surface area contributed by atoms with Crippen LogP contribution in [-0.4, -0.2) is 72.2 Å². The zero-order valence-electron chi connectivity index (χ0n) is 15.0. The third-order valence-corrected chi connectivity index (χ3v) is 4.48. The van der Waals surface area contributed by atoms with Crippen LogP contribution in [0.3, 0.4) is 0 Å². The standard InChI is InChI=1S/C18H27N5O2/c1-22(2)7-8-23(12-15-4-3-9-25-15)18(24)19-11-14-5-6-16-17(10-14)21-13-20-16/h5-6,10,13,15H,3-4,7-9,11-12H2,1-2H3,(H,19,24)(H,20,21)/t15-/m1/s1. The Morgan fingerprint density at radius 1 is 1.40 bits per heavy atom. The summed E-state index contributed by atoms with van der Waals surface area (Å²) >= 11 is 0. The minimum Gasteiger partial charge on any atom is -0.376 e. The molecule has 1 aliphatic rings. The van der Waals surface area contributed by atoms with Gasteiger partial charge in [-0.05, 0) is 44.6 Å². The van der Waals surface area contributed by atoms with Crippen LogP contribution in [0.15, 0.2) is 24.5 Å². The zero-order chi connectivity index (χ0) is 17.6. The van der Waals surface area contributed by atoms with Gasteiger partial charge in [-0.25, -0.2) is 9.78 Å². The molecule has 2 N–H and O–H groups in total.